The largest absolute Gasteiger partial charge is 0.461 e. The fourth-order valence-corrected chi connectivity index (χ4v) is 4.72. The number of aliphatic imine (C=N–C) groups is 1. The summed E-state index contributed by atoms with van der Waals surface area (Å²) < 4.78 is 5.76. The Bertz CT molecular complexity index is 793. The Morgan fingerprint density at radius 2 is 1.97 bits per heavy atom. The van der Waals surface area contributed by atoms with Crippen LogP contribution in [0.25, 0.3) is 0 Å². The average Bonchev–Trinajstić information content (AvgIpc) is 2.66. The van der Waals surface area contributed by atoms with Crippen molar-refractivity contribution in [3.05, 3.63) is 35.9 Å². The second kappa shape index (κ2) is 9.57. The molecule has 1 saturated carbocycles. The van der Waals surface area contributed by atoms with E-state index >= 15 is 0 Å². The minimum Gasteiger partial charge on any atom is -0.461 e. The summed E-state index contributed by atoms with van der Waals surface area (Å²) in [5.41, 5.74) is 0.605. The second-order valence-electron chi connectivity index (χ2n) is 8.23. The summed E-state index contributed by atoms with van der Waals surface area (Å²) in [4.78, 5) is 41.1. The Morgan fingerprint density at radius 3 is 2.62 bits per heavy atom. The first-order valence-corrected chi connectivity index (χ1v) is 11.1. The number of amidine groups is 1. The molecule has 3 rings (SSSR count). The lowest BCUT2D eigenvalue weighted by molar-refractivity contribution is -0.152. The van der Waals surface area contributed by atoms with Gasteiger partial charge in [-0.25, -0.2) is 0 Å². The van der Waals surface area contributed by atoms with Gasteiger partial charge in [-0.15, -0.1) is 0 Å². The molecule has 1 aliphatic heterocycles. The second-order valence-corrected chi connectivity index (χ2v) is 9.20. The van der Waals surface area contributed by atoms with Gasteiger partial charge in [-0.3, -0.25) is 14.4 Å². The van der Waals surface area contributed by atoms with Crippen LogP contribution in [0.4, 0.5) is 0 Å². The summed E-state index contributed by atoms with van der Waals surface area (Å²) in [6.07, 6.45) is 3.05. The molecule has 1 aliphatic carbocycles. The first kappa shape index (κ1) is 21.6. The maximum atomic E-state index is 12.4. The zero-order chi connectivity index (χ0) is 21.0. The first-order chi connectivity index (χ1) is 13.8. The van der Waals surface area contributed by atoms with Crippen LogP contribution in [0.3, 0.4) is 0 Å². The molecule has 156 valence electrons. The van der Waals surface area contributed by atoms with Crippen molar-refractivity contribution < 1.29 is 19.1 Å². The van der Waals surface area contributed by atoms with Crippen molar-refractivity contribution >= 4 is 34.7 Å². The van der Waals surface area contributed by atoms with Crippen molar-refractivity contribution in [2.24, 2.45) is 22.7 Å². The van der Waals surface area contributed by atoms with Gasteiger partial charge in [-0.05, 0) is 36.2 Å². The van der Waals surface area contributed by atoms with E-state index in [2.05, 4.69) is 31.1 Å². The Balaban J connectivity index is 1.56. The van der Waals surface area contributed by atoms with Crippen LogP contribution < -0.4 is 5.32 Å². The Labute approximate surface area is 175 Å². The van der Waals surface area contributed by atoms with Crippen molar-refractivity contribution in [2.45, 2.75) is 52.1 Å². The lowest BCUT2D eigenvalue weighted by Crippen LogP contribution is -2.42. The standard InChI is InChI=1S/C22H28N2O4S/c1-13(2)16-10-9-14(3)11-17(16)28-18(25)12-29-22-23-20(26)19(21(27)24-22)15-7-5-4-6-8-15/h4-8,13-14,16-17,19H,9-12H2,1-3H3,(H,23,24,26,27)/t14-,16+,17-/m1/s1. The number of esters is 1. The third kappa shape index (κ3) is 5.47. The van der Waals surface area contributed by atoms with E-state index in [-0.39, 0.29) is 23.0 Å². The molecule has 0 unspecified atom stereocenters. The van der Waals surface area contributed by atoms with Crippen LogP contribution in [-0.2, 0) is 19.1 Å². The van der Waals surface area contributed by atoms with Gasteiger partial charge in [0.25, 0.3) is 5.91 Å². The Hall–Kier alpha value is -2.15. The van der Waals surface area contributed by atoms with Crippen LogP contribution in [0.1, 0.15) is 51.5 Å². The summed E-state index contributed by atoms with van der Waals surface area (Å²) in [6.45, 7) is 6.52. The molecule has 0 saturated heterocycles. The number of nitrogens with one attached hydrogen (secondary N) is 1. The van der Waals surface area contributed by atoms with Crippen LogP contribution in [0.2, 0.25) is 0 Å². The normalized spacial score (nSPS) is 27.4. The maximum Gasteiger partial charge on any atom is 0.316 e. The third-order valence-electron chi connectivity index (χ3n) is 5.65. The molecule has 1 fully saturated rings. The molecule has 1 aromatic rings. The molecule has 6 nitrogen and oxygen atoms in total. The predicted octanol–water partition coefficient (Wildman–Crippen LogP) is 3.52. The minimum atomic E-state index is -0.942. The van der Waals surface area contributed by atoms with Crippen LogP contribution in [0.15, 0.2) is 35.3 Å². The van der Waals surface area contributed by atoms with Crippen LogP contribution in [0.5, 0.6) is 0 Å². The molecule has 0 spiro atoms. The number of carbonyl (C=O) groups is 3. The lowest BCUT2D eigenvalue weighted by atomic mass is 9.75. The van der Waals surface area contributed by atoms with Gasteiger partial charge in [0.15, 0.2) is 5.17 Å². The highest BCUT2D eigenvalue weighted by Crippen LogP contribution is 2.35. The SMILES string of the molecule is CC(C)[C@@H]1CC[C@@H](C)C[C@H]1OC(=O)CSC1=NC(=O)[C@H](c2ccccc2)C(=O)N1. The summed E-state index contributed by atoms with van der Waals surface area (Å²) in [5, 5.41) is 2.79. The van der Waals surface area contributed by atoms with E-state index in [9.17, 15) is 14.4 Å². The predicted molar refractivity (Wildman–Crippen MR) is 113 cm³/mol. The molecule has 0 aromatic heterocycles. The molecule has 0 radical (unpaired) electrons. The van der Waals surface area contributed by atoms with Gasteiger partial charge in [0.2, 0.25) is 5.91 Å². The third-order valence-corrected chi connectivity index (χ3v) is 6.50. The van der Waals surface area contributed by atoms with Gasteiger partial charge in [0.05, 0.1) is 5.75 Å². The summed E-state index contributed by atoms with van der Waals surface area (Å²) in [5.74, 6) is -0.826. The molecule has 1 N–H and O–H groups in total. The number of thioether (sulfide) groups is 1. The molecular weight excluding hydrogens is 388 g/mol. The Morgan fingerprint density at radius 1 is 1.24 bits per heavy atom. The van der Waals surface area contributed by atoms with Gasteiger partial charge < -0.3 is 10.1 Å². The lowest BCUT2D eigenvalue weighted by Gasteiger charge is -2.36. The van der Waals surface area contributed by atoms with Crippen molar-refractivity contribution in [3.63, 3.8) is 0 Å². The number of benzene rings is 1. The summed E-state index contributed by atoms with van der Waals surface area (Å²) in [6, 6.07) is 8.82. The number of amides is 2. The first-order valence-electron chi connectivity index (χ1n) is 10.2. The average molecular weight is 417 g/mol. The number of hydrogen-bond acceptors (Lipinski definition) is 5. The fourth-order valence-electron chi connectivity index (χ4n) is 4.07. The molecule has 1 heterocycles. The fraction of sp³-hybridized carbons (Fsp3) is 0.545. The van der Waals surface area contributed by atoms with Gasteiger partial charge in [-0.2, -0.15) is 4.99 Å². The highest BCUT2D eigenvalue weighted by atomic mass is 32.2. The molecule has 4 atom stereocenters. The van der Waals surface area contributed by atoms with E-state index in [1.807, 2.05) is 6.07 Å². The zero-order valence-electron chi connectivity index (χ0n) is 17.1. The van der Waals surface area contributed by atoms with Crippen LogP contribution >= 0.6 is 11.8 Å². The molecular formula is C22H28N2O4S. The van der Waals surface area contributed by atoms with E-state index in [0.717, 1.165) is 24.6 Å². The van der Waals surface area contributed by atoms with Gasteiger partial charge in [0, 0.05) is 0 Å². The van der Waals surface area contributed by atoms with Crippen molar-refractivity contribution in [3.8, 4) is 0 Å². The molecule has 2 amide bonds. The summed E-state index contributed by atoms with van der Waals surface area (Å²) in [7, 11) is 0. The maximum absolute atomic E-state index is 12.4. The van der Waals surface area contributed by atoms with Crippen LogP contribution in [-0.4, -0.2) is 34.8 Å². The van der Waals surface area contributed by atoms with Gasteiger partial charge in [0.1, 0.15) is 12.0 Å². The number of carbonyl (C=O) groups excluding carboxylic acids is 3. The van der Waals surface area contributed by atoms with Crippen molar-refractivity contribution in [1.82, 2.24) is 5.32 Å². The van der Waals surface area contributed by atoms with Gasteiger partial charge in [-0.1, -0.05) is 69.3 Å². The molecule has 0 bridgehead atoms. The summed E-state index contributed by atoms with van der Waals surface area (Å²) >= 11 is 1.03. The smallest absolute Gasteiger partial charge is 0.316 e. The topological polar surface area (TPSA) is 84.8 Å². The molecule has 2 aliphatic rings. The van der Waals surface area contributed by atoms with E-state index in [0.29, 0.717) is 23.3 Å². The Kier molecular flexibility index (Phi) is 7.11. The highest BCUT2D eigenvalue weighted by molar-refractivity contribution is 8.14. The van der Waals surface area contributed by atoms with Crippen molar-refractivity contribution in [1.29, 1.82) is 0 Å². The van der Waals surface area contributed by atoms with Gasteiger partial charge >= 0.3 is 5.97 Å². The van der Waals surface area contributed by atoms with E-state index in [1.54, 1.807) is 24.3 Å². The number of ether oxygens (including phenoxy) is 1. The van der Waals surface area contributed by atoms with E-state index < -0.39 is 17.7 Å². The number of hydrogen-bond donors (Lipinski definition) is 1. The van der Waals surface area contributed by atoms with E-state index in [1.165, 1.54) is 6.42 Å². The monoisotopic (exact) mass is 416 g/mol. The molecule has 7 heteroatoms. The highest BCUT2D eigenvalue weighted by Gasteiger charge is 2.35. The molecule has 29 heavy (non-hydrogen) atoms. The quantitative estimate of drug-likeness (QED) is 0.586. The van der Waals surface area contributed by atoms with E-state index in [4.69, 9.17) is 4.74 Å². The zero-order valence-corrected chi connectivity index (χ0v) is 17.9. The molecule has 1 aromatic carbocycles. The number of rotatable bonds is 5. The van der Waals surface area contributed by atoms with Crippen LogP contribution in [0, 0.1) is 17.8 Å². The minimum absolute atomic E-state index is 0.0120. The number of nitrogens with zero attached hydrogens (tertiary/aromatic N) is 1. The van der Waals surface area contributed by atoms with Crippen molar-refractivity contribution in [2.75, 3.05) is 5.75 Å².